The van der Waals surface area contributed by atoms with Crippen LogP contribution in [-0.4, -0.2) is 26.3 Å². The molecule has 0 spiro atoms. The Kier molecular flexibility index (Phi) is 6.70. The first kappa shape index (κ1) is 23.1. The van der Waals surface area contributed by atoms with Gasteiger partial charge in [-0.15, -0.1) is 0 Å². The van der Waals surface area contributed by atoms with Crippen molar-refractivity contribution in [2.75, 3.05) is 0 Å². The van der Waals surface area contributed by atoms with Gasteiger partial charge in [0, 0.05) is 5.66 Å². The van der Waals surface area contributed by atoms with Crippen molar-refractivity contribution in [3.8, 4) is 0 Å². The molecule has 0 aromatic rings. The molecule has 2 heteroatoms. The zero-order valence-electron chi connectivity index (χ0n) is 18.9. The minimum atomic E-state index is -0.288. The highest BCUT2D eigenvalue weighted by Gasteiger charge is 2.47. The van der Waals surface area contributed by atoms with Crippen LogP contribution in [0, 0.1) is 0 Å². The van der Waals surface area contributed by atoms with E-state index in [1.807, 2.05) is 0 Å². The van der Waals surface area contributed by atoms with Crippen LogP contribution < -0.4 is 0 Å². The molecule has 1 unspecified atom stereocenters. The van der Waals surface area contributed by atoms with Crippen LogP contribution in [-0.2, 0) is 0 Å². The van der Waals surface area contributed by atoms with Gasteiger partial charge in [-0.25, -0.2) is 0 Å². The Hall–Kier alpha value is 0.0800. The van der Waals surface area contributed by atoms with Gasteiger partial charge in [0.25, 0.3) is 0 Å². The summed E-state index contributed by atoms with van der Waals surface area (Å²) < 4.78 is 0. The lowest BCUT2D eigenvalue weighted by Crippen LogP contribution is -2.36. The third kappa shape index (κ3) is 5.53. The van der Waals surface area contributed by atoms with Crippen molar-refractivity contribution < 1.29 is 0 Å². The molecule has 1 atom stereocenters. The first-order valence-electron chi connectivity index (χ1n) is 9.55. The van der Waals surface area contributed by atoms with E-state index in [4.69, 9.17) is 0 Å². The van der Waals surface area contributed by atoms with Gasteiger partial charge in [-0.3, -0.25) is 0 Å². The molecule has 0 aromatic carbocycles. The molecule has 0 nitrogen and oxygen atoms in total. The van der Waals surface area contributed by atoms with Gasteiger partial charge < -0.3 is 0 Å². The maximum absolute atomic E-state index is 4.54. The summed E-state index contributed by atoms with van der Waals surface area (Å²) in [7, 11) is -0.558. The standard InChI is InChI=1S/C23H42P2/c1-17-15-14-16-18(24(20(2,3)4)21(5,6)7)19(17)25(22(8,9)10)23(11,12)13/h14-16,19H,1H2,2-13H3. The van der Waals surface area contributed by atoms with E-state index in [2.05, 4.69) is 108 Å². The molecule has 1 aliphatic rings. The molecular formula is C23H42P2. The molecule has 0 heterocycles. The third-order valence-electron chi connectivity index (χ3n) is 4.51. The zero-order chi connectivity index (χ0) is 20.0. The first-order valence-corrected chi connectivity index (χ1v) is 12.3. The van der Waals surface area contributed by atoms with Gasteiger partial charge in [-0.1, -0.05) is 124 Å². The van der Waals surface area contributed by atoms with Crippen LogP contribution in [0.3, 0.4) is 0 Å². The summed E-state index contributed by atoms with van der Waals surface area (Å²) in [6, 6.07) is 0. The average molecular weight is 381 g/mol. The minimum absolute atomic E-state index is 0.269. The van der Waals surface area contributed by atoms with Crippen molar-refractivity contribution in [1.82, 2.24) is 0 Å². The summed E-state index contributed by atoms with van der Waals surface area (Å²) >= 11 is 0. The molecule has 0 saturated heterocycles. The summed E-state index contributed by atoms with van der Waals surface area (Å²) in [5.41, 5.74) is 1.83. The molecule has 1 rings (SSSR count). The van der Waals surface area contributed by atoms with Crippen LogP contribution in [0.4, 0.5) is 0 Å². The number of rotatable bonds is 2. The molecule has 25 heavy (non-hydrogen) atoms. The topological polar surface area (TPSA) is 0 Å². The van der Waals surface area contributed by atoms with Gasteiger partial charge in [0.05, 0.1) is 0 Å². The Bertz CT molecular complexity index is 523. The SMILES string of the molecule is C=C1C=CC=C(P(C(C)(C)C)C(C)(C)C)C1P(C(C)(C)C)C(C)(C)C. The lowest BCUT2D eigenvalue weighted by molar-refractivity contribution is 0.692. The van der Waals surface area contributed by atoms with Crippen LogP contribution in [0.25, 0.3) is 0 Å². The van der Waals surface area contributed by atoms with Gasteiger partial charge in [-0.2, -0.15) is 0 Å². The Morgan fingerprint density at radius 3 is 1.44 bits per heavy atom. The molecular weight excluding hydrogens is 338 g/mol. The lowest BCUT2D eigenvalue weighted by atomic mass is 10.1. The van der Waals surface area contributed by atoms with E-state index in [-0.39, 0.29) is 15.8 Å². The average Bonchev–Trinajstić information content (AvgIpc) is 2.26. The highest BCUT2D eigenvalue weighted by Crippen LogP contribution is 2.74. The van der Waals surface area contributed by atoms with Gasteiger partial charge >= 0.3 is 0 Å². The van der Waals surface area contributed by atoms with Crippen LogP contribution in [0.2, 0.25) is 0 Å². The monoisotopic (exact) mass is 380 g/mol. The molecule has 1 aliphatic carbocycles. The van der Waals surface area contributed by atoms with Gasteiger partial charge in [-0.05, 0) is 31.5 Å². The van der Waals surface area contributed by atoms with E-state index < -0.39 is 0 Å². The van der Waals surface area contributed by atoms with E-state index in [0.717, 1.165) is 0 Å². The van der Waals surface area contributed by atoms with Crippen LogP contribution in [0.15, 0.2) is 35.7 Å². The summed E-state index contributed by atoms with van der Waals surface area (Å²) in [6.45, 7) is 33.7. The highest BCUT2D eigenvalue weighted by atomic mass is 31.1. The Balaban J connectivity index is 3.63. The fraction of sp³-hybridized carbons (Fsp3) is 0.739. The van der Waals surface area contributed by atoms with Crippen LogP contribution in [0.1, 0.15) is 83.1 Å². The van der Waals surface area contributed by atoms with Gasteiger partial charge in [0.1, 0.15) is 0 Å². The van der Waals surface area contributed by atoms with E-state index >= 15 is 0 Å². The number of hydrogen-bond acceptors (Lipinski definition) is 0. The van der Waals surface area contributed by atoms with Crippen molar-refractivity contribution in [3.05, 3.63) is 35.7 Å². The van der Waals surface area contributed by atoms with Crippen molar-refractivity contribution >= 4 is 15.8 Å². The van der Waals surface area contributed by atoms with Crippen molar-refractivity contribution in [3.63, 3.8) is 0 Å². The maximum atomic E-state index is 4.54. The fourth-order valence-electron chi connectivity index (χ4n) is 4.70. The second-order valence-corrected chi connectivity index (χ2v) is 19.1. The Labute approximate surface area is 161 Å². The van der Waals surface area contributed by atoms with E-state index in [0.29, 0.717) is 26.3 Å². The summed E-state index contributed by atoms with van der Waals surface area (Å²) in [5, 5.41) is 2.85. The van der Waals surface area contributed by atoms with Crippen LogP contribution >= 0.6 is 15.8 Å². The molecule has 0 saturated carbocycles. The first-order chi connectivity index (χ1) is 10.9. The molecule has 0 aromatic heterocycles. The molecule has 0 bridgehead atoms. The van der Waals surface area contributed by atoms with Crippen molar-refractivity contribution in [2.45, 2.75) is 109 Å². The smallest absolute Gasteiger partial charge is 0.0299 e. The molecule has 0 fully saturated rings. The summed E-state index contributed by atoms with van der Waals surface area (Å²) in [5.74, 6) is 0. The molecule has 0 aliphatic heterocycles. The summed E-state index contributed by atoms with van der Waals surface area (Å²) in [4.78, 5) is 0. The molecule has 0 amide bonds. The van der Waals surface area contributed by atoms with Crippen molar-refractivity contribution in [2.24, 2.45) is 0 Å². The van der Waals surface area contributed by atoms with Crippen molar-refractivity contribution in [1.29, 1.82) is 0 Å². The maximum Gasteiger partial charge on any atom is 0.0299 e. The second kappa shape index (κ2) is 7.24. The predicted molar refractivity (Wildman–Crippen MR) is 123 cm³/mol. The second-order valence-electron chi connectivity index (χ2n) is 11.3. The molecule has 0 radical (unpaired) electrons. The number of allylic oxidation sites excluding steroid dienone is 5. The zero-order valence-corrected chi connectivity index (χ0v) is 20.7. The normalized spacial score (nSPS) is 20.5. The molecule has 144 valence electrons. The molecule has 0 N–H and O–H groups in total. The van der Waals surface area contributed by atoms with E-state index in [9.17, 15) is 0 Å². The third-order valence-corrected chi connectivity index (χ3v) is 12.3. The van der Waals surface area contributed by atoms with Gasteiger partial charge in [0.2, 0.25) is 0 Å². The predicted octanol–water partition coefficient (Wildman–Crippen LogP) is 8.52. The van der Waals surface area contributed by atoms with Crippen LogP contribution in [0.5, 0.6) is 0 Å². The Morgan fingerprint density at radius 2 is 1.12 bits per heavy atom. The Morgan fingerprint density at radius 1 is 0.720 bits per heavy atom. The lowest BCUT2D eigenvalue weighted by Gasteiger charge is -2.53. The van der Waals surface area contributed by atoms with E-state index in [1.54, 1.807) is 5.31 Å². The van der Waals surface area contributed by atoms with E-state index in [1.165, 1.54) is 5.57 Å². The quantitative estimate of drug-likeness (QED) is 0.421. The fourth-order valence-corrected chi connectivity index (χ4v) is 13.9. The summed E-state index contributed by atoms with van der Waals surface area (Å²) in [6.07, 6.45) is 6.97. The largest absolute Gasteiger partial charge is 0.0948 e. The van der Waals surface area contributed by atoms with Gasteiger partial charge in [0.15, 0.2) is 0 Å². The minimum Gasteiger partial charge on any atom is -0.0948 e. The number of hydrogen-bond donors (Lipinski definition) is 0. The highest BCUT2D eigenvalue weighted by molar-refractivity contribution is 7.68.